The zero-order valence-electron chi connectivity index (χ0n) is 18.0. The molecule has 160 valence electrons. The molecule has 2 heterocycles. The van der Waals surface area contributed by atoms with Crippen molar-refractivity contribution in [2.75, 3.05) is 50.8 Å². The zero-order chi connectivity index (χ0) is 20.8. The third kappa shape index (κ3) is 4.96. The Morgan fingerprint density at radius 1 is 0.900 bits per heavy atom. The van der Waals surface area contributed by atoms with Crippen LogP contribution in [0.15, 0.2) is 54.6 Å². The van der Waals surface area contributed by atoms with Crippen molar-refractivity contribution in [2.24, 2.45) is 5.92 Å². The summed E-state index contributed by atoms with van der Waals surface area (Å²) in [4.78, 5) is 20.0. The van der Waals surface area contributed by atoms with Crippen molar-refractivity contribution in [3.8, 4) is 5.75 Å². The van der Waals surface area contributed by atoms with Gasteiger partial charge in [-0.3, -0.25) is 9.69 Å². The van der Waals surface area contributed by atoms with Gasteiger partial charge < -0.3 is 14.5 Å². The Hall–Kier alpha value is -2.53. The third-order valence-corrected chi connectivity index (χ3v) is 6.28. The van der Waals surface area contributed by atoms with Crippen molar-refractivity contribution < 1.29 is 9.53 Å². The Bertz CT molecular complexity index is 810. The molecule has 0 aromatic heterocycles. The maximum Gasteiger partial charge on any atom is 0.225 e. The highest BCUT2D eigenvalue weighted by Gasteiger charge is 2.30. The van der Waals surface area contributed by atoms with Gasteiger partial charge in [-0.25, -0.2) is 0 Å². The number of nitrogens with zero attached hydrogens (tertiary/aromatic N) is 3. The molecule has 0 bridgehead atoms. The van der Waals surface area contributed by atoms with E-state index in [0.717, 1.165) is 70.1 Å². The maximum atomic E-state index is 13.1. The molecule has 0 saturated carbocycles. The van der Waals surface area contributed by atoms with Crippen LogP contribution in [0, 0.1) is 5.92 Å². The summed E-state index contributed by atoms with van der Waals surface area (Å²) in [5.74, 6) is 1.47. The van der Waals surface area contributed by atoms with Gasteiger partial charge in [0.2, 0.25) is 5.91 Å². The van der Waals surface area contributed by atoms with Crippen LogP contribution in [0.2, 0.25) is 0 Å². The van der Waals surface area contributed by atoms with E-state index in [0.29, 0.717) is 12.5 Å². The monoisotopic (exact) mass is 407 g/mol. The summed E-state index contributed by atoms with van der Waals surface area (Å²) in [6, 6.07) is 18.8. The van der Waals surface area contributed by atoms with E-state index in [9.17, 15) is 4.79 Å². The van der Waals surface area contributed by atoms with E-state index >= 15 is 0 Å². The average molecular weight is 408 g/mol. The quantitative estimate of drug-likeness (QED) is 0.732. The molecule has 2 saturated heterocycles. The van der Waals surface area contributed by atoms with E-state index in [4.69, 9.17) is 4.74 Å². The number of amides is 1. The van der Waals surface area contributed by atoms with Crippen molar-refractivity contribution in [1.82, 2.24) is 9.80 Å². The van der Waals surface area contributed by atoms with E-state index < -0.39 is 0 Å². The molecule has 5 nitrogen and oxygen atoms in total. The van der Waals surface area contributed by atoms with Crippen LogP contribution in [-0.4, -0.2) is 61.6 Å². The van der Waals surface area contributed by atoms with Crippen LogP contribution in [-0.2, 0) is 11.3 Å². The van der Waals surface area contributed by atoms with Crippen molar-refractivity contribution >= 4 is 11.6 Å². The SMILES string of the molecule is CCOc1ccccc1N1CCN(C(=O)C2CCN(Cc3ccccc3)CC2)CC1. The van der Waals surface area contributed by atoms with Crippen LogP contribution < -0.4 is 9.64 Å². The molecule has 2 aromatic rings. The Kier molecular flexibility index (Phi) is 6.90. The van der Waals surface area contributed by atoms with Crippen LogP contribution in [0.4, 0.5) is 5.69 Å². The summed E-state index contributed by atoms with van der Waals surface area (Å²) in [5.41, 5.74) is 2.49. The lowest BCUT2D eigenvalue weighted by molar-refractivity contribution is -0.137. The molecule has 0 spiro atoms. The predicted octanol–water partition coefficient (Wildman–Crippen LogP) is 3.65. The Morgan fingerprint density at radius 3 is 2.27 bits per heavy atom. The standard InChI is InChI=1S/C25H33N3O2/c1-2-30-24-11-7-6-10-23(24)27-16-18-28(19-17-27)25(29)22-12-14-26(15-13-22)20-21-8-4-3-5-9-21/h3-11,22H,2,12-20H2,1H3. The minimum absolute atomic E-state index is 0.180. The van der Waals surface area contributed by atoms with Gasteiger partial charge in [-0.15, -0.1) is 0 Å². The number of piperazine rings is 1. The predicted molar refractivity (Wildman–Crippen MR) is 121 cm³/mol. The van der Waals surface area contributed by atoms with Crippen LogP contribution in [0.25, 0.3) is 0 Å². The zero-order valence-corrected chi connectivity index (χ0v) is 18.0. The second-order valence-electron chi connectivity index (χ2n) is 8.25. The van der Waals surface area contributed by atoms with Crippen LogP contribution >= 0.6 is 0 Å². The van der Waals surface area contributed by atoms with Crippen molar-refractivity contribution in [3.63, 3.8) is 0 Å². The number of carbonyl (C=O) groups excluding carboxylic acids is 1. The summed E-state index contributed by atoms with van der Waals surface area (Å²) in [6.45, 7) is 9.00. The van der Waals surface area contributed by atoms with Gasteiger partial charge in [0.05, 0.1) is 12.3 Å². The molecule has 0 radical (unpaired) electrons. The molecule has 0 atom stereocenters. The summed E-state index contributed by atoms with van der Waals surface area (Å²) in [7, 11) is 0. The van der Waals surface area contributed by atoms with Crippen LogP contribution in [0.3, 0.4) is 0 Å². The molecule has 0 aliphatic carbocycles. The summed E-state index contributed by atoms with van der Waals surface area (Å²) < 4.78 is 5.79. The van der Waals surface area contributed by atoms with Gasteiger partial charge in [-0.2, -0.15) is 0 Å². The van der Waals surface area contributed by atoms with Gasteiger partial charge in [0, 0.05) is 38.6 Å². The minimum Gasteiger partial charge on any atom is -0.492 e. The number of piperidine rings is 1. The van der Waals surface area contributed by atoms with Crippen molar-refractivity contribution in [3.05, 3.63) is 60.2 Å². The molecular weight excluding hydrogens is 374 g/mol. The fourth-order valence-electron chi connectivity index (χ4n) is 4.60. The largest absolute Gasteiger partial charge is 0.492 e. The minimum atomic E-state index is 0.180. The number of anilines is 1. The lowest BCUT2D eigenvalue weighted by atomic mass is 9.94. The molecule has 2 aliphatic heterocycles. The number of ether oxygens (including phenoxy) is 1. The van der Waals surface area contributed by atoms with E-state index in [-0.39, 0.29) is 5.92 Å². The number of carbonyl (C=O) groups is 1. The molecule has 4 rings (SSSR count). The van der Waals surface area contributed by atoms with E-state index in [1.54, 1.807) is 0 Å². The van der Waals surface area contributed by atoms with E-state index in [2.05, 4.69) is 57.2 Å². The highest BCUT2D eigenvalue weighted by atomic mass is 16.5. The van der Waals surface area contributed by atoms with Gasteiger partial charge in [0.15, 0.2) is 0 Å². The van der Waals surface area contributed by atoms with Crippen LogP contribution in [0.5, 0.6) is 5.75 Å². The number of hydrogen-bond acceptors (Lipinski definition) is 4. The first kappa shape index (κ1) is 20.7. The fraction of sp³-hybridized carbons (Fsp3) is 0.480. The van der Waals surface area contributed by atoms with E-state index in [1.165, 1.54) is 5.56 Å². The molecule has 30 heavy (non-hydrogen) atoms. The van der Waals surface area contributed by atoms with Crippen molar-refractivity contribution in [2.45, 2.75) is 26.3 Å². The van der Waals surface area contributed by atoms with Gasteiger partial charge in [-0.05, 0) is 50.6 Å². The molecule has 5 heteroatoms. The first-order valence-electron chi connectivity index (χ1n) is 11.3. The molecular formula is C25H33N3O2. The van der Waals surface area contributed by atoms with Gasteiger partial charge in [-0.1, -0.05) is 42.5 Å². The second-order valence-corrected chi connectivity index (χ2v) is 8.25. The Morgan fingerprint density at radius 2 is 1.57 bits per heavy atom. The highest BCUT2D eigenvalue weighted by molar-refractivity contribution is 5.79. The first-order chi connectivity index (χ1) is 14.7. The second kappa shape index (κ2) is 9.98. The molecule has 0 unspecified atom stereocenters. The fourth-order valence-corrected chi connectivity index (χ4v) is 4.60. The maximum absolute atomic E-state index is 13.1. The third-order valence-electron chi connectivity index (χ3n) is 6.28. The normalized spacial score (nSPS) is 18.4. The van der Waals surface area contributed by atoms with Crippen molar-refractivity contribution in [1.29, 1.82) is 0 Å². The topological polar surface area (TPSA) is 36.0 Å². The number of hydrogen-bond donors (Lipinski definition) is 0. The number of rotatable bonds is 6. The highest BCUT2D eigenvalue weighted by Crippen LogP contribution is 2.29. The molecule has 2 aromatic carbocycles. The number of benzene rings is 2. The van der Waals surface area contributed by atoms with Gasteiger partial charge in [0.1, 0.15) is 5.75 Å². The van der Waals surface area contributed by atoms with E-state index in [1.807, 2.05) is 19.1 Å². The molecule has 2 fully saturated rings. The molecule has 2 aliphatic rings. The lowest BCUT2D eigenvalue weighted by Gasteiger charge is -2.39. The number of likely N-dealkylation sites (tertiary alicyclic amines) is 1. The molecule has 0 N–H and O–H groups in total. The van der Waals surface area contributed by atoms with Crippen LogP contribution in [0.1, 0.15) is 25.3 Å². The van der Waals surface area contributed by atoms with Gasteiger partial charge in [0.25, 0.3) is 0 Å². The lowest BCUT2D eigenvalue weighted by Crippen LogP contribution is -2.51. The Balaban J connectivity index is 1.26. The smallest absolute Gasteiger partial charge is 0.225 e. The summed E-state index contributed by atoms with van der Waals surface area (Å²) in [5, 5.41) is 0. The number of para-hydroxylation sites is 2. The summed E-state index contributed by atoms with van der Waals surface area (Å²) >= 11 is 0. The average Bonchev–Trinajstić information content (AvgIpc) is 2.81. The van der Waals surface area contributed by atoms with Gasteiger partial charge >= 0.3 is 0 Å². The first-order valence-corrected chi connectivity index (χ1v) is 11.3. The Labute approximate surface area is 180 Å². The summed E-state index contributed by atoms with van der Waals surface area (Å²) in [6.07, 6.45) is 1.94. The molecule has 1 amide bonds.